The summed E-state index contributed by atoms with van der Waals surface area (Å²) in [6, 6.07) is 0.0397. The lowest BCUT2D eigenvalue weighted by Gasteiger charge is -2.35. The molecule has 1 fully saturated rings. The van der Waals surface area contributed by atoms with Gasteiger partial charge in [-0.15, -0.1) is 0 Å². The summed E-state index contributed by atoms with van der Waals surface area (Å²) in [4.78, 5) is 11.6. The van der Waals surface area contributed by atoms with Gasteiger partial charge in [-0.3, -0.25) is 5.01 Å². The molecule has 94 valence electrons. The summed E-state index contributed by atoms with van der Waals surface area (Å²) >= 11 is 0. The molecular formula is C9H18N8. The second kappa shape index (κ2) is 4.68. The molecule has 1 aromatic rings. The zero-order valence-corrected chi connectivity index (χ0v) is 9.58. The molecule has 1 aliphatic carbocycles. The smallest absolute Gasteiger partial charge is 0.246 e. The van der Waals surface area contributed by atoms with Gasteiger partial charge in [0.25, 0.3) is 0 Å². The Morgan fingerprint density at radius 2 is 1.59 bits per heavy atom. The third kappa shape index (κ3) is 2.53. The monoisotopic (exact) mass is 238 g/mol. The fourth-order valence-corrected chi connectivity index (χ4v) is 2.15. The molecule has 0 spiro atoms. The molecule has 17 heavy (non-hydrogen) atoms. The van der Waals surface area contributed by atoms with E-state index < -0.39 is 0 Å². The van der Waals surface area contributed by atoms with Crippen LogP contribution in [0.2, 0.25) is 0 Å². The maximum atomic E-state index is 6.04. The lowest BCUT2D eigenvalue weighted by molar-refractivity contribution is 0.362. The first-order valence-corrected chi connectivity index (χ1v) is 5.64. The minimum atomic E-state index is 0.0185. The summed E-state index contributed by atoms with van der Waals surface area (Å²) in [7, 11) is 0. The van der Waals surface area contributed by atoms with Crippen LogP contribution in [-0.2, 0) is 0 Å². The lowest BCUT2D eigenvalue weighted by atomic mass is 9.91. The number of hydrazine groups is 1. The first-order chi connectivity index (χ1) is 8.08. The van der Waals surface area contributed by atoms with Crippen LogP contribution in [0, 0.1) is 0 Å². The van der Waals surface area contributed by atoms with Crippen molar-refractivity contribution in [2.45, 2.75) is 37.8 Å². The van der Waals surface area contributed by atoms with Gasteiger partial charge in [-0.25, -0.2) is 5.84 Å². The summed E-state index contributed by atoms with van der Waals surface area (Å²) in [5.74, 6) is 6.39. The SMILES string of the molecule is Nc1nc(N)nc(N(N)C2CCCCC2N)n1. The van der Waals surface area contributed by atoms with Crippen molar-refractivity contribution in [2.75, 3.05) is 16.5 Å². The Labute approximate surface area is 99.4 Å². The molecule has 0 saturated heterocycles. The van der Waals surface area contributed by atoms with Crippen LogP contribution in [0.4, 0.5) is 17.8 Å². The molecule has 0 radical (unpaired) electrons. The molecule has 2 atom stereocenters. The van der Waals surface area contributed by atoms with E-state index >= 15 is 0 Å². The molecular weight excluding hydrogens is 220 g/mol. The Morgan fingerprint density at radius 1 is 1.00 bits per heavy atom. The van der Waals surface area contributed by atoms with Crippen LogP contribution in [0.3, 0.4) is 0 Å². The summed E-state index contributed by atoms with van der Waals surface area (Å²) in [5.41, 5.74) is 17.0. The largest absolute Gasteiger partial charge is 0.368 e. The van der Waals surface area contributed by atoms with Crippen molar-refractivity contribution in [2.24, 2.45) is 11.6 Å². The molecule has 8 N–H and O–H groups in total. The standard InChI is InChI=1S/C9H18N8/c10-5-3-1-2-4-6(5)17(13)9-15-7(11)14-8(12)16-9/h5-6H,1-4,10,13H2,(H4,11,12,14,15,16). The predicted molar refractivity (Wildman–Crippen MR) is 65.5 cm³/mol. The fraction of sp³-hybridized carbons (Fsp3) is 0.667. The number of nitrogens with two attached hydrogens (primary N) is 4. The molecule has 2 unspecified atom stereocenters. The average molecular weight is 238 g/mol. The molecule has 0 bridgehead atoms. The van der Waals surface area contributed by atoms with Gasteiger partial charge in [0.1, 0.15) is 0 Å². The van der Waals surface area contributed by atoms with Gasteiger partial charge >= 0.3 is 0 Å². The van der Waals surface area contributed by atoms with E-state index in [2.05, 4.69) is 15.0 Å². The normalized spacial score (nSPS) is 24.6. The minimum Gasteiger partial charge on any atom is -0.368 e. The maximum Gasteiger partial charge on any atom is 0.246 e. The molecule has 1 aromatic heterocycles. The Balaban J connectivity index is 2.20. The van der Waals surface area contributed by atoms with E-state index in [1.165, 1.54) is 5.01 Å². The Bertz CT molecular complexity index is 374. The van der Waals surface area contributed by atoms with Crippen LogP contribution in [0.25, 0.3) is 0 Å². The number of anilines is 3. The average Bonchev–Trinajstić information content (AvgIpc) is 2.27. The van der Waals surface area contributed by atoms with Crippen molar-refractivity contribution in [1.82, 2.24) is 15.0 Å². The number of hydrogen-bond donors (Lipinski definition) is 4. The first kappa shape index (κ1) is 11.8. The summed E-state index contributed by atoms with van der Waals surface area (Å²) < 4.78 is 0. The molecule has 0 aliphatic heterocycles. The van der Waals surface area contributed by atoms with E-state index in [-0.39, 0.29) is 29.9 Å². The van der Waals surface area contributed by atoms with E-state index in [4.69, 9.17) is 23.0 Å². The highest BCUT2D eigenvalue weighted by molar-refractivity contribution is 5.39. The maximum absolute atomic E-state index is 6.04. The van der Waals surface area contributed by atoms with E-state index in [0.717, 1.165) is 25.7 Å². The van der Waals surface area contributed by atoms with Crippen molar-refractivity contribution in [1.29, 1.82) is 0 Å². The number of hydrogen-bond acceptors (Lipinski definition) is 8. The molecule has 8 nitrogen and oxygen atoms in total. The van der Waals surface area contributed by atoms with E-state index in [1.807, 2.05) is 0 Å². The zero-order valence-electron chi connectivity index (χ0n) is 9.58. The number of nitrogen functional groups attached to an aromatic ring is 2. The Hall–Kier alpha value is -1.67. The third-order valence-electron chi connectivity index (χ3n) is 3.03. The van der Waals surface area contributed by atoms with Gasteiger partial charge in [0.15, 0.2) is 0 Å². The molecule has 1 saturated carbocycles. The first-order valence-electron chi connectivity index (χ1n) is 5.64. The van der Waals surface area contributed by atoms with Crippen LogP contribution in [0.1, 0.15) is 25.7 Å². The van der Waals surface area contributed by atoms with Gasteiger partial charge in [0.05, 0.1) is 6.04 Å². The van der Waals surface area contributed by atoms with Gasteiger partial charge in [-0.1, -0.05) is 12.8 Å². The highest BCUT2D eigenvalue weighted by atomic mass is 15.5. The van der Waals surface area contributed by atoms with Gasteiger partial charge in [-0.2, -0.15) is 15.0 Å². The van der Waals surface area contributed by atoms with Crippen LogP contribution in [0.15, 0.2) is 0 Å². The minimum absolute atomic E-state index is 0.0185. The van der Waals surface area contributed by atoms with E-state index in [0.29, 0.717) is 0 Å². The topological polar surface area (TPSA) is 146 Å². The molecule has 0 amide bonds. The molecule has 0 aromatic carbocycles. The fourth-order valence-electron chi connectivity index (χ4n) is 2.15. The number of aromatic nitrogens is 3. The van der Waals surface area contributed by atoms with Crippen LogP contribution >= 0.6 is 0 Å². The van der Waals surface area contributed by atoms with Crippen LogP contribution in [-0.4, -0.2) is 27.0 Å². The van der Waals surface area contributed by atoms with Crippen molar-refractivity contribution >= 4 is 17.8 Å². The van der Waals surface area contributed by atoms with Gasteiger partial charge < -0.3 is 17.2 Å². The summed E-state index contributed by atoms with van der Waals surface area (Å²) in [5, 5.41) is 1.46. The summed E-state index contributed by atoms with van der Waals surface area (Å²) in [6.07, 6.45) is 4.10. The van der Waals surface area contributed by atoms with Crippen molar-refractivity contribution < 1.29 is 0 Å². The highest BCUT2D eigenvalue weighted by Gasteiger charge is 2.28. The number of nitrogens with zero attached hydrogens (tertiary/aromatic N) is 4. The molecule has 1 heterocycles. The third-order valence-corrected chi connectivity index (χ3v) is 3.03. The Morgan fingerprint density at radius 3 is 2.18 bits per heavy atom. The summed E-state index contributed by atoms with van der Waals surface area (Å²) in [6.45, 7) is 0. The second-order valence-electron chi connectivity index (χ2n) is 4.27. The predicted octanol–water partition coefficient (Wildman–Crippen LogP) is -1.01. The number of rotatable bonds is 2. The molecule has 2 rings (SSSR count). The van der Waals surface area contributed by atoms with Crippen LogP contribution < -0.4 is 28.1 Å². The zero-order chi connectivity index (χ0) is 12.4. The molecule has 1 aliphatic rings. The van der Waals surface area contributed by atoms with E-state index in [9.17, 15) is 0 Å². The molecule has 8 heteroatoms. The Kier molecular flexibility index (Phi) is 3.25. The van der Waals surface area contributed by atoms with E-state index in [1.54, 1.807) is 0 Å². The second-order valence-corrected chi connectivity index (χ2v) is 4.27. The van der Waals surface area contributed by atoms with Gasteiger partial charge in [0, 0.05) is 6.04 Å². The lowest BCUT2D eigenvalue weighted by Crippen LogP contribution is -2.53. The van der Waals surface area contributed by atoms with Crippen molar-refractivity contribution in [3.8, 4) is 0 Å². The van der Waals surface area contributed by atoms with Crippen LogP contribution in [0.5, 0.6) is 0 Å². The van der Waals surface area contributed by atoms with Gasteiger partial charge in [0.2, 0.25) is 17.8 Å². The quantitative estimate of drug-likeness (QED) is 0.378. The highest BCUT2D eigenvalue weighted by Crippen LogP contribution is 2.22. The van der Waals surface area contributed by atoms with Gasteiger partial charge in [-0.05, 0) is 12.8 Å². The van der Waals surface area contributed by atoms with Crippen molar-refractivity contribution in [3.63, 3.8) is 0 Å². The van der Waals surface area contributed by atoms with Crippen molar-refractivity contribution in [3.05, 3.63) is 0 Å².